The maximum absolute atomic E-state index is 16.2. The van der Waals surface area contributed by atoms with Crippen molar-refractivity contribution >= 4 is 40.6 Å². The average molecular weight is 887 g/mol. The second kappa shape index (κ2) is 18.8. The van der Waals surface area contributed by atoms with E-state index in [1.165, 1.54) is 13.2 Å². The third kappa shape index (κ3) is 7.64. The van der Waals surface area contributed by atoms with Crippen LogP contribution in [0.5, 0.6) is 5.75 Å². The molecule has 3 amide bonds. The zero-order chi connectivity index (χ0) is 45.8. The van der Waals surface area contributed by atoms with Gasteiger partial charge in [0.1, 0.15) is 48.6 Å². The normalized spacial score (nSPS) is 22.0. The standard InChI is InChI=1S/C51H46N6O9/c1-3-25-52-47(59)42-44-48(60)66-45(35-17-8-5-9-18-35)43(34-15-6-4-7-16-34)57(44)46(36-19-12-20-37(32-36)64-28-27-58)51(42)38-31-33(14-13-26-55-41-22-11-10-21-39(41)53-54-55)23-24-40(38)56(49(51)61)50(62)65-30-29-63-2/h3-12,15-24,31-32,42-46,58H,1,25-30H2,2H3,(H,52,59)/t42-,43-,44-,45+,46+,51-/m1/s1. The number of methoxy groups -OCH3 is 1. The maximum atomic E-state index is 16.2. The summed E-state index contributed by atoms with van der Waals surface area (Å²) < 4.78 is 25.0. The van der Waals surface area contributed by atoms with Gasteiger partial charge >= 0.3 is 12.1 Å². The summed E-state index contributed by atoms with van der Waals surface area (Å²) >= 11 is 0. The number of nitrogens with zero attached hydrogens (tertiary/aromatic N) is 5. The number of amides is 3. The van der Waals surface area contributed by atoms with E-state index in [0.29, 0.717) is 28.0 Å². The van der Waals surface area contributed by atoms with E-state index in [4.69, 9.17) is 18.9 Å². The number of fused-ring (bicyclic) bond motifs is 4. The first-order valence-corrected chi connectivity index (χ1v) is 21.5. The summed E-state index contributed by atoms with van der Waals surface area (Å²) in [5.74, 6) is 3.06. The molecule has 6 aromatic rings. The number of aliphatic hydroxyl groups excluding tert-OH is 1. The minimum Gasteiger partial charge on any atom is -0.491 e. The Morgan fingerprint density at radius 2 is 1.62 bits per heavy atom. The predicted molar refractivity (Wildman–Crippen MR) is 242 cm³/mol. The van der Waals surface area contributed by atoms with Crippen LogP contribution in [0.1, 0.15) is 46.0 Å². The van der Waals surface area contributed by atoms with Crippen LogP contribution in [0.25, 0.3) is 11.0 Å². The second-order valence-electron chi connectivity index (χ2n) is 16.0. The number of morpholine rings is 1. The fourth-order valence-corrected chi connectivity index (χ4v) is 9.71. The lowest BCUT2D eigenvalue weighted by atomic mass is 9.65. The number of cyclic esters (lactones) is 1. The van der Waals surface area contributed by atoms with E-state index in [2.05, 4.69) is 34.0 Å². The van der Waals surface area contributed by atoms with Crippen LogP contribution < -0.4 is 15.0 Å². The molecule has 2 N–H and O–H groups in total. The smallest absolute Gasteiger partial charge is 0.421 e. The van der Waals surface area contributed by atoms with Crippen LogP contribution in [-0.4, -0.2) is 95.0 Å². The van der Waals surface area contributed by atoms with Crippen molar-refractivity contribution in [2.45, 2.75) is 36.2 Å². The number of hydrogen-bond donors (Lipinski definition) is 2. The van der Waals surface area contributed by atoms with Crippen molar-refractivity contribution in [1.82, 2.24) is 25.2 Å². The number of hydrogen-bond acceptors (Lipinski definition) is 12. The number of anilines is 1. The highest BCUT2D eigenvalue weighted by molar-refractivity contribution is 6.23. The first-order valence-electron chi connectivity index (χ1n) is 21.5. The van der Waals surface area contributed by atoms with Crippen LogP contribution in [0, 0.1) is 17.8 Å². The molecule has 66 heavy (non-hydrogen) atoms. The Bertz CT molecular complexity index is 2860. The number of ether oxygens (including phenoxy) is 4. The zero-order valence-corrected chi connectivity index (χ0v) is 36.0. The summed E-state index contributed by atoms with van der Waals surface area (Å²) in [4.78, 5) is 64.0. The molecular weight excluding hydrogens is 841 g/mol. The fraction of sp³-hybridized carbons (Fsp3) is 0.255. The Hall–Kier alpha value is -7.64. The molecule has 2 saturated heterocycles. The molecule has 15 heteroatoms. The van der Waals surface area contributed by atoms with Crippen LogP contribution in [0.4, 0.5) is 10.5 Å². The van der Waals surface area contributed by atoms with Gasteiger partial charge in [-0.2, -0.15) is 0 Å². The summed E-state index contributed by atoms with van der Waals surface area (Å²) in [5, 5.41) is 21.2. The largest absolute Gasteiger partial charge is 0.491 e. The van der Waals surface area contributed by atoms with Gasteiger partial charge in [-0.3, -0.25) is 19.3 Å². The first-order chi connectivity index (χ1) is 32.3. The summed E-state index contributed by atoms with van der Waals surface area (Å²) in [7, 11) is 1.46. The highest BCUT2D eigenvalue weighted by Crippen LogP contribution is 2.66. The molecule has 2 fully saturated rings. The molecule has 0 unspecified atom stereocenters. The van der Waals surface area contributed by atoms with Crippen LogP contribution in [0.3, 0.4) is 0 Å². The zero-order valence-electron chi connectivity index (χ0n) is 36.0. The third-order valence-electron chi connectivity index (χ3n) is 12.3. The molecule has 4 heterocycles. The Labute approximate surface area is 380 Å². The molecule has 0 bridgehead atoms. The lowest BCUT2D eigenvalue weighted by Gasteiger charge is -2.46. The van der Waals surface area contributed by atoms with Crippen LogP contribution in [0.15, 0.2) is 140 Å². The Balaban J connectivity index is 1.32. The van der Waals surface area contributed by atoms with Gasteiger partial charge in [0.25, 0.3) is 0 Å². The van der Waals surface area contributed by atoms with Gasteiger partial charge < -0.3 is 29.4 Å². The molecule has 6 atom stereocenters. The molecule has 15 nitrogen and oxygen atoms in total. The number of benzene rings is 5. The molecule has 1 aromatic heterocycles. The molecule has 3 aliphatic rings. The molecule has 334 valence electrons. The van der Waals surface area contributed by atoms with Crippen molar-refractivity contribution in [2.24, 2.45) is 5.92 Å². The van der Waals surface area contributed by atoms with Crippen molar-refractivity contribution in [3.63, 3.8) is 0 Å². The van der Waals surface area contributed by atoms with Crippen molar-refractivity contribution in [3.05, 3.63) is 168 Å². The van der Waals surface area contributed by atoms with E-state index in [-0.39, 0.29) is 50.8 Å². The Morgan fingerprint density at radius 3 is 2.38 bits per heavy atom. The van der Waals surface area contributed by atoms with Gasteiger partial charge in [0.15, 0.2) is 0 Å². The number of para-hydroxylation sites is 1. The van der Waals surface area contributed by atoms with Crippen molar-refractivity contribution in [1.29, 1.82) is 0 Å². The second-order valence-corrected chi connectivity index (χ2v) is 16.0. The van der Waals surface area contributed by atoms with E-state index in [1.807, 2.05) is 89.8 Å². The van der Waals surface area contributed by atoms with Gasteiger partial charge in [0, 0.05) is 19.2 Å². The highest BCUT2D eigenvalue weighted by Gasteiger charge is 2.75. The van der Waals surface area contributed by atoms with Crippen LogP contribution in [-0.2, 0) is 40.6 Å². The van der Waals surface area contributed by atoms with Gasteiger partial charge in [0.2, 0.25) is 11.8 Å². The minimum absolute atomic E-state index is 0.00336. The molecule has 9 rings (SSSR count). The molecule has 3 aliphatic heterocycles. The molecule has 5 aromatic carbocycles. The van der Waals surface area contributed by atoms with E-state index in [0.717, 1.165) is 16.0 Å². The van der Waals surface area contributed by atoms with Crippen molar-refractivity contribution < 1.29 is 43.2 Å². The van der Waals surface area contributed by atoms with Gasteiger partial charge in [-0.1, -0.05) is 108 Å². The third-order valence-corrected chi connectivity index (χ3v) is 12.3. The van der Waals surface area contributed by atoms with E-state index < -0.39 is 59.4 Å². The minimum atomic E-state index is -2.04. The van der Waals surface area contributed by atoms with Gasteiger partial charge in [-0.25, -0.2) is 14.4 Å². The molecule has 0 radical (unpaired) electrons. The van der Waals surface area contributed by atoms with Gasteiger partial charge in [0.05, 0.1) is 42.4 Å². The predicted octanol–water partition coefficient (Wildman–Crippen LogP) is 5.60. The Morgan fingerprint density at radius 1 is 0.879 bits per heavy atom. The summed E-state index contributed by atoms with van der Waals surface area (Å²) in [6.07, 6.45) is -0.411. The lowest BCUT2D eigenvalue weighted by Crippen LogP contribution is -2.55. The number of aliphatic hydroxyl groups is 1. The topological polar surface area (TPSA) is 175 Å². The maximum Gasteiger partial charge on any atom is 0.421 e. The summed E-state index contributed by atoms with van der Waals surface area (Å²) in [6.45, 7) is 3.59. The van der Waals surface area contributed by atoms with Gasteiger partial charge in [-0.15, -0.1) is 11.7 Å². The van der Waals surface area contributed by atoms with E-state index >= 15 is 14.4 Å². The van der Waals surface area contributed by atoms with E-state index in [9.17, 15) is 9.90 Å². The number of nitrogens with one attached hydrogen (secondary N) is 1. The number of imide groups is 1. The van der Waals surface area contributed by atoms with Crippen molar-refractivity contribution in [3.8, 4) is 17.6 Å². The Kier molecular flexibility index (Phi) is 12.4. The number of carbonyl (C=O) groups excluding carboxylic acids is 4. The van der Waals surface area contributed by atoms with Crippen molar-refractivity contribution in [2.75, 3.05) is 45.0 Å². The summed E-state index contributed by atoms with van der Waals surface area (Å²) in [5.41, 5.74) is 2.26. The number of carbonyl (C=O) groups is 4. The molecular formula is C51H46N6O9. The highest BCUT2D eigenvalue weighted by atomic mass is 16.6. The average Bonchev–Trinajstić information content (AvgIpc) is 3.99. The quantitative estimate of drug-likeness (QED) is 0.0637. The molecule has 1 spiro atoms. The van der Waals surface area contributed by atoms with E-state index in [1.54, 1.807) is 47.1 Å². The number of aromatic nitrogens is 3. The lowest BCUT2D eigenvalue weighted by molar-refractivity contribution is -0.178. The number of rotatable bonds is 13. The first kappa shape index (κ1) is 43.6. The van der Waals surface area contributed by atoms with Gasteiger partial charge in [-0.05, 0) is 64.7 Å². The fourth-order valence-electron chi connectivity index (χ4n) is 9.71. The molecule has 0 aliphatic carbocycles. The monoisotopic (exact) mass is 886 g/mol. The summed E-state index contributed by atoms with van der Waals surface area (Å²) in [6, 6.07) is 35.0. The molecule has 0 saturated carbocycles. The van der Waals surface area contributed by atoms with Crippen LogP contribution in [0.2, 0.25) is 0 Å². The number of esters is 1. The SMILES string of the molecule is C=CCNC(=O)[C@H]1[C@@H]2C(=O)O[C@@H](c3ccccc3)[C@@H](c3ccccc3)N2[C@@H](c2cccc(OCCO)c2)[C@]12C(=O)N(C(=O)OCCOC)c1ccc(C#CCn3nnc4ccccc43)cc12. The van der Waals surface area contributed by atoms with Crippen LogP contribution >= 0.6 is 0 Å².